The van der Waals surface area contributed by atoms with E-state index in [4.69, 9.17) is 0 Å². The van der Waals surface area contributed by atoms with Crippen molar-refractivity contribution >= 4 is 17.4 Å². The van der Waals surface area contributed by atoms with Crippen LogP contribution in [-0.2, 0) is 6.54 Å². The number of nitro benzene ring substituents is 1. The fourth-order valence-corrected chi connectivity index (χ4v) is 1.93. The van der Waals surface area contributed by atoms with E-state index in [2.05, 4.69) is 16.0 Å². The number of nitrogens with one attached hydrogen (secondary N) is 3. The molecule has 0 fully saturated rings. The number of hydrogen-bond donors (Lipinski definition) is 3. The molecule has 7 nitrogen and oxygen atoms in total. The van der Waals surface area contributed by atoms with E-state index in [0.29, 0.717) is 19.6 Å². The first-order chi connectivity index (χ1) is 11.5. The van der Waals surface area contributed by atoms with Crippen LogP contribution in [0.15, 0.2) is 48.5 Å². The molecule has 0 aliphatic heterocycles. The van der Waals surface area contributed by atoms with E-state index < -0.39 is 4.92 Å². The van der Waals surface area contributed by atoms with Gasteiger partial charge in [0.05, 0.1) is 4.92 Å². The summed E-state index contributed by atoms with van der Waals surface area (Å²) < 4.78 is 12.8. The molecule has 0 aromatic heterocycles. The third-order valence-electron chi connectivity index (χ3n) is 3.18. The Morgan fingerprint density at radius 1 is 1.00 bits per heavy atom. The number of anilines is 1. The Morgan fingerprint density at radius 3 is 2.29 bits per heavy atom. The zero-order valence-electron chi connectivity index (χ0n) is 12.8. The van der Waals surface area contributed by atoms with Gasteiger partial charge in [0.1, 0.15) is 5.82 Å². The first-order valence-corrected chi connectivity index (χ1v) is 7.29. The van der Waals surface area contributed by atoms with Gasteiger partial charge in [0, 0.05) is 37.5 Å². The van der Waals surface area contributed by atoms with Gasteiger partial charge in [0.2, 0.25) is 0 Å². The highest BCUT2D eigenvalue weighted by molar-refractivity contribution is 5.73. The zero-order valence-corrected chi connectivity index (χ0v) is 12.8. The van der Waals surface area contributed by atoms with E-state index in [9.17, 15) is 19.3 Å². The minimum Gasteiger partial charge on any atom is -0.383 e. The Hall–Kier alpha value is -3.16. The van der Waals surface area contributed by atoms with Crippen LogP contribution in [0, 0.1) is 15.9 Å². The van der Waals surface area contributed by atoms with Crippen LogP contribution >= 0.6 is 0 Å². The lowest BCUT2D eigenvalue weighted by Gasteiger charge is -2.09. The summed E-state index contributed by atoms with van der Waals surface area (Å²) in [5.41, 5.74) is 1.56. The number of amides is 2. The van der Waals surface area contributed by atoms with Crippen LogP contribution < -0.4 is 16.0 Å². The van der Waals surface area contributed by atoms with Gasteiger partial charge in [0.25, 0.3) is 5.69 Å². The van der Waals surface area contributed by atoms with Gasteiger partial charge in [-0.25, -0.2) is 9.18 Å². The second-order valence-electron chi connectivity index (χ2n) is 4.97. The molecule has 0 heterocycles. The van der Waals surface area contributed by atoms with E-state index in [1.807, 2.05) is 0 Å². The van der Waals surface area contributed by atoms with Crippen molar-refractivity contribution in [3.63, 3.8) is 0 Å². The van der Waals surface area contributed by atoms with E-state index in [0.717, 1.165) is 11.3 Å². The largest absolute Gasteiger partial charge is 0.383 e. The Morgan fingerprint density at radius 2 is 1.67 bits per heavy atom. The molecular formula is C16H17FN4O3. The highest BCUT2D eigenvalue weighted by Crippen LogP contribution is 2.14. The summed E-state index contributed by atoms with van der Waals surface area (Å²) >= 11 is 0. The second-order valence-corrected chi connectivity index (χ2v) is 4.97. The van der Waals surface area contributed by atoms with Crippen LogP contribution in [0.2, 0.25) is 0 Å². The van der Waals surface area contributed by atoms with Gasteiger partial charge in [-0.3, -0.25) is 10.1 Å². The van der Waals surface area contributed by atoms with Gasteiger partial charge in [-0.1, -0.05) is 12.1 Å². The molecule has 126 valence electrons. The van der Waals surface area contributed by atoms with Gasteiger partial charge in [-0.05, 0) is 29.8 Å². The van der Waals surface area contributed by atoms with E-state index in [-0.39, 0.29) is 17.5 Å². The van der Waals surface area contributed by atoms with Crippen LogP contribution in [0.4, 0.5) is 20.6 Å². The quantitative estimate of drug-likeness (QED) is 0.412. The molecule has 24 heavy (non-hydrogen) atoms. The number of halogens is 1. The van der Waals surface area contributed by atoms with Gasteiger partial charge >= 0.3 is 6.03 Å². The molecule has 0 bridgehead atoms. The average molecular weight is 332 g/mol. The number of nitro groups is 1. The van der Waals surface area contributed by atoms with E-state index in [1.54, 1.807) is 24.3 Å². The Kier molecular flexibility index (Phi) is 6.07. The molecule has 0 radical (unpaired) electrons. The molecule has 2 aromatic rings. The van der Waals surface area contributed by atoms with Crippen molar-refractivity contribution in [2.24, 2.45) is 0 Å². The summed E-state index contributed by atoms with van der Waals surface area (Å²) in [6, 6.07) is 11.6. The number of rotatable bonds is 7. The first-order valence-electron chi connectivity index (χ1n) is 7.29. The summed E-state index contributed by atoms with van der Waals surface area (Å²) in [5.74, 6) is -0.319. The molecule has 0 saturated heterocycles. The lowest BCUT2D eigenvalue weighted by atomic mass is 10.2. The molecule has 2 rings (SSSR count). The van der Waals surface area contributed by atoms with Crippen molar-refractivity contribution in [3.8, 4) is 0 Å². The molecule has 0 spiro atoms. The highest BCUT2D eigenvalue weighted by atomic mass is 19.1. The Labute approximate surface area is 138 Å². The smallest absolute Gasteiger partial charge is 0.315 e. The summed E-state index contributed by atoms with van der Waals surface area (Å²) in [7, 11) is 0. The van der Waals surface area contributed by atoms with Crippen molar-refractivity contribution < 1.29 is 14.1 Å². The molecule has 3 N–H and O–H groups in total. The summed E-state index contributed by atoms with van der Waals surface area (Å²) in [6.07, 6.45) is 0. The monoisotopic (exact) mass is 332 g/mol. The average Bonchev–Trinajstić information content (AvgIpc) is 2.58. The maximum Gasteiger partial charge on any atom is 0.315 e. The Balaban J connectivity index is 1.63. The number of hydrogen-bond acceptors (Lipinski definition) is 4. The maximum absolute atomic E-state index is 12.8. The zero-order chi connectivity index (χ0) is 17.4. The molecule has 0 saturated carbocycles. The van der Waals surface area contributed by atoms with Crippen LogP contribution in [0.1, 0.15) is 5.56 Å². The lowest BCUT2D eigenvalue weighted by Crippen LogP contribution is -2.37. The van der Waals surface area contributed by atoms with Crippen molar-refractivity contribution in [3.05, 3.63) is 70.0 Å². The van der Waals surface area contributed by atoms with Crippen molar-refractivity contribution in [1.29, 1.82) is 0 Å². The summed E-state index contributed by atoms with van der Waals surface area (Å²) in [4.78, 5) is 21.7. The second kappa shape index (κ2) is 8.47. The number of carbonyl (C=O) groups excluding carboxylic acids is 1. The molecule has 0 aliphatic carbocycles. The Bertz CT molecular complexity index is 689. The fourth-order valence-electron chi connectivity index (χ4n) is 1.93. The molecule has 2 aromatic carbocycles. The third-order valence-corrected chi connectivity index (χ3v) is 3.18. The number of non-ortho nitro benzene ring substituents is 1. The molecule has 2 amide bonds. The number of urea groups is 1. The number of nitrogens with zero attached hydrogens (tertiary/aromatic N) is 1. The van der Waals surface area contributed by atoms with Crippen molar-refractivity contribution in [2.45, 2.75) is 6.54 Å². The molecule has 0 unspecified atom stereocenters. The van der Waals surface area contributed by atoms with Crippen LogP contribution in [-0.4, -0.2) is 24.0 Å². The predicted molar refractivity (Wildman–Crippen MR) is 88.2 cm³/mol. The maximum atomic E-state index is 12.8. The van der Waals surface area contributed by atoms with Gasteiger partial charge in [-0.2, -0.15) is 0 Å². The van der Waals surface area contributed by atoms with Crippen LogP contribution in [0.3, 0.4) is 0 Å². The molecule has 8 heteroatoms. The molecule has 0 aliphatic rings. The highest BCUT2D eigenvalue weighted by Gasteiger charge is 2.04. The van der Waals surface area contributed by atoms with Gasteiger partial charge in [-0.15, -0.1) is 0 Å². The van der Waals surface area contributed by atoms with Gasteiger partial charge in [0.15, 0.2) is 0 Å². The van der Waals surface area contributed by atoms with E-state index >= 15 is 0 Å². The van der Waals surface area contributed by atoms with Crippen LogP contribution in [0.5, 0.6) is 0 Å². The van der Waals surface area contributed by atoms with Gasteiger partial charge < -0.3 is 16.0 Å². The van der Waals surface area contributed by atoms with E-state index in [1.165, 1.54) is 24.3 Å². The topological polar surface area (TPSA) is 96.3 Å². The van der Waals surface area contributed by atoms with Crippen molar-refractivity contribution in [1.82, 2.24) is 10.6 Å². The fraction of sp³-hybridized carbons (Fsp3) is 0.188. The predicted octanol–water partition coefficient (Wildman–Crippen LogP) is 2.65. The minimum absolute atomic E-state index is 0.0267. The normalized spacial score (nSPS) is 10.0. The summed E-state index contributed by atoms with van der Waals surface area (Å²) in [6.45, 7) is 1.16. The van der Waals surface area contributed by atoms with Crippen molar-refractivity contribution in [2.75, 3.05) is 18.4 Å². The summed E-state index contributed by atoms with van der Waals surface area (Å²) in [5, 5.41) is 18.9. The molecule has 0 atom stereocenters. The minimum atomic E-state index is -0.462. The standard InChI is InChI=1S/C16H17FN4O3/c17-13-3-1-12(2-4-13)11-20-16(22)19-10-9-18-14-5-7-15(8-6-14)21(23)24/h1-8,18H,9-11H2,(H2,19,20,22). The number of carbonyl (C=O) groups is 1. The lowest BCUT2D eigenvalue weighted by molar-refractivity contribution is -0.384. The first kappa shape index (κ1) is 17.2. The third kappa shape index (κ3) is 5.56. The SMILES string of the molecule is O=C(NCCNc1ccc([N+](=O)[O-])cc1)NCc1ccc(F)cc1. The number of benzene rings is 2. The van der Waals surface area contributed by atoms with Crippen LogP contribution in [0.25, 0.3) is 0 Å². The molecular weight excluding hydrogens is 315 g/mol.